The molecular weight excluding hydrogens is 177 g/mol. The zero-order valence-corrected chi connectivity index (χ0v) is 8.89. The monoisotopic (exact) mass is 195 g/mol. The van der Waals surface area contributed by atoms with E-state index in [4.69, 9.17) is 5.73 Å². The minimum atomic E-state index is -0.158. The van der Waals surface area contributed by atoms with Crippen molar-refractivity contribution < 1.29 is 4.39 Å². The summed E-state index contributed by atoms with van der Waals surface area (Å²) < 4.78 is 13.6. The summed E-state index contributed by atoms with van der Waals surface area (Å²) in [5, 5.41) is 0. The lowest BCUT2D eigenvalue weighted by Crippen LogP contribution is -2.12. The zero-order chi connectivity index (χ0) is 10.6. The van der Waals surface area contributed by atoms with Gasteiger partial charge in [0.25, 0.3) is 0 Å². The Morgan fingerprint density at radius 2 is 2.14 bits per heavy atom. The Morgan fingerprint density at radius 3 is 2.79 bits per heavy atom. The molecular formula is C12H18FN. The summed E-state index contributed by atoms with van der Waals surface area (Å²) in [7, 11) is 0. The Balaban J connectivity index is 2.79. The molecule has 1 unspecified atom stereocenters. The third-order valence-corrected chi connectivity index (χ3v) is 2.49. The molecule has 1 aromatic carbocycles. The van der Waals surface area contributed by atoms with Gasteiger partial charge in [-0.1, -0.05) is 38.0 Å². The summed E-state index contributed by atoms with van der Waals surface area (Å²) in [5.41, 5.74) is 7.24. The molecule has 0 fully saturated rings. The second-order valence-electron chi connectivity index (χ2n) is 3.73. The van der Waals surface area contributed by atoms with Crippen LogP contribution in [0.4, 0.5) is 4.39 Å². The fraction of sp³-hybridized carbons (Fsp3) is 0.500. The Hall–Kier alpha value is -0.890. The van der Waals surface area contributed by atoms with Gasteiger partial charge in [0.05, 0.1) is 0 Å². The van der Waals surface area contributed by atoms with Gasteiger partial charge in [0.15, 0.2) is 0 Å². The van der Waals surface area contributed by atoms with Crippen molar-refractivity contribution in [1.82, 2.24) is 0 Å². The van der Waals surface area contributed by atoms with E-state index in [9.17, 15) is 4.39 Å². The lowest BCUT2D eigenvalue weighted by Gasteiger charge is -2.13. The zero-order valence-electron chi connectivity index (χ0n) is 8.89. The summed E-state index contributed by atoms with van der Waals surface area (Å²) in [6, 6.07) is 5.25. The molecule has 0 aliphatic heterocycles. The molecule has 0 aliphatic carbocycles. The van der Waals surface area contributed by atoms with Crippen molar-refractivity contribution in [2.24, 2.45) is 5.73 Å². The molecule has 1 aromatic rings. The molecule has 78 valence electrons. The van der Waals surface area contributed by atoms with E-state index in [0.29, 0.717) is 11.1 Å². The molecule has 0 bridgehead atoms. The van der Waals surface area contributed by atoms with Crippen LogP contribution in [0.3, 0.4) is 0 Å². The molecule has 0 amide bonds. The van der Waals surface area contributed by atoms with Crippen LogP contribution in [0.5, 0.6) is 0 Å². The summed E-state index contributed by atoms with van der Waals surface area (Å²) in [6.07, 6.45) is 3.01. The lowest BCUT2D eigenvalue weighted by atomic mass is 10.00. The number of rotatable bonds is 4. The van der Waals surface area contributed by atoms with E-state index in [2.05, 4.69) is 6.92 Å². The lowest BCUT2D eigenvalue weighted by molar-refractivity contribution is 0.543. The highest BCUT2D eigenvalue weighted by Crippen LogP contribution is 2.21. The quantitative estimate of drug-likeness (QED) is 0.783. The first kappa shape index (κ1) is 11.2. The predicted octanol–water partition coefficient (Wildman–Crippen LogP) is 3.32. The van der Waals surface area contributed by atoms with Gasteiger partial charge >= 0.3 is 0 Å². The molecule has 0 spiro atoms. The van der Waals surface area contributed by atoms with Crippen LogP contribution in [-0.4, -0.2) is 0 Å². The normalized spacial score (nSPS) is 12.9. The molecule has 1 nitrogen and oxygen atoms in total. The Kier molecular flexibility index (Phi) is 4.08. The molecule has 0 saturated heterocycles. The van der Waals surface area contributed by atoms with Crippen LogP contribution in [0.25, 0.3) is 0 Å². The molecule has 14 heavy (non-hydrogen) atoms. The molecule has 0 saturated carbocycles. The Morgan fingerprint density at radius 1 is 1.43 bits per heavy atom. The number of aryl methyl sites for hydroxylation is 1. The molecule has 0 heterocycles. The average molecular weight is 195 g/mol. The van der Waals surface area contributed by atoms with Gasteiger partial charge in [-0.05, 0) is 18.9 Å². The topological polar surface area (TPSA) is 26.0 Å². The first-order chi connectivity index (χ1) is 6.66. The SMILES string of the molecule is CCCCC(N)c1cccc(C)c1F. The summed E-state index contributed by atoms with van der Waals surface area (Å²) >= 11 is 0. The van der Waals surface area contributed by atoms with Gasteiger partial charge in [-0.3, -0.25) is 0 Å². The van der Waals surface area contributed by atoms with Crippen molar-refractivity contribution in [3.05, 3.63) is 35.1 Å². The maximum absolute atomic E-state index is 13.6. The highest BCUT2D eigenvalue weighted by atomic mass is 19.1. The minimum absolute atomic E-state index is 0.142. The average Bonchev–Trinajstić information content (AvgIpc) is 2.18. The minimum Gasteiger partial charge on any atom is -0.324 e. The van der Waals surface area contributed by atoms with Crippen molar-refractivity contribution in [3.63, 3.8) is 0 Å². The number of halogens is 1. The van der Waals surface area contributed by atoms with Crippen LogP contribution in [0.2, 0.25) is 0 Å². The maximum Gasteiger partial charge on any atom is 0.130 e. The molecule has 1 atom stereocenters. The highest BCUT2D eigenvalue weighted by Gasteiger charge is 2.11. The van der Waals surface area contributed by atoms with E-state index in [1.165, 1.54) is 0 Å². The van der Waals surface area contributed by atoms with Crippen LogP contribution in [0, 0.1) is 12.7 Å². The van der Waals surface area contributed by atoms with Gasteiger partial charge in [0.2, 0.25) is 0 Å². The van der Waals surface area contributed by atoms with E-state index >= 15 is 0 Å². The number of benzene rings is 1. The van der Waals surface area contributed by atoms with Gasteiger partial charge in [0, 0.05) is 11.6 Å². The van der Waals surface area contributed by atoms with Crippen LogP contribution in [0.1, 0.15) is 43.4 Å². The van der Waals surface area contributed by atoms with E-state index in [1.54, 1.807) is 19.1 Å². The number of nitrogens with two attached hydrogens (primary N) is 1. The second kappa shape index (κ2) is 5.11. The van der Waals surface area contributed by atoms with E-state index in [1.807, 2.05) is 6.07 Å². The second-order valence-corrected chi connectivity index (χ2v) is 3.73. The molecule has 1 rings (SSSR count). The fourth-order valence-corrected chi connectivity index (χ4v) is 1.54. The van der Waals surface area contributed by atoms with Crippen molar-refractivity contribution in [2.75, 3.05) is 0 Å². The Labute approximate surface area is 85.1 Å². The van der Waals surface area contributed by atoms with Crippen molar-refractivity contribution in [1.29, 1.82) is 0 Å². The number of unbranched alkanes of at least 4 members (excludes halogenated alkanes) is 1. The first-order valence-electron chi connectivity index (χ1n) is 5.17. The molecule has 0 aromatic heterocycles. The largest absolute Gasteiger partial charge is 0.324 e. The van der Waals surface area contributed by atoms with Crippen LogP contribution in [0.15, 0.2) is 18.2 Å². The summed E-state index contributed by atoms with van der Waals surface area (Å²) in [5.74, 6) is -0.142. The van der Waals surface area contributed by atoms with Crippen molar-refractivity contribution in [3.8, 4) is 0 Å². The number of hydrogen-bond acceptors (Lipinski definition) is 1. The van der Waals surface area contributed by atoms with Crippen LogP contribution in [-0.2, 0) is 0 Å². The molecule has 0 radical (unpaired) electrons. The van der Waals surface area contributed by atoms with E-state index in [-0.39, 0.29) is 11.9 Å². The third kappa shape index (κ3) is 2.55. The fourth-order valence-electron chi connectivity index (χ4n) is 1.54. The van der Waals surface area contributed by atoms with Gasteiger partial charge in [-0.25, -0.2) is 4.39 Å². The van der Waals surface area contributed by atoms with Crippen molar-refractivity contribution >= 4 is 0 Å². The third-order valence-electron chi connectivity index (χ3n) is 2.49. The van der Waals surface area contributed by atoms with E-state index in [0.717, 1.165) is 19.3 Å². The summed E-state index contributed by atoms with van der Waals surface area (Å²) in [6.45, 7) is 3.88. The Bertz CT molecular complexity index is 296. The van der Waals surface area contributed by atoms with Crippen LogP contribution >= 0.6 is 0 Å². The van der Waals surface area contributed by atoms with E-state index < -0.39 is 0 Å². The maximum atomic E-state index is 13.6. The van der Waals surface area contributed by atoms with Crippen LogP contribution < -0.4 is 5.73 Å². The smallest absolute Gasteiger partial charge is 0.130 e. The van der Waals surface area contributed by atoms with Gasteiger partial charge in [-0.15, -0.1) is 0 Å². The van der Waals surface area contributed by atoms with Gasteiger partial charge in [-0.2, -0.15) is 0 Å². The van der Waals surface area contributed by atoms with Gasteiger partial charge in [0.1, 0.15) is 5.82 Å². The molecule has 2 N–H and O–H groups in total. The first-order valence-corrected chi connectivity index (χ1v) is 5.17. The van der Waals surface area contributed by atoms with Crippen molar-refractivity contribution in [2.45, 2.75) is 39.2 Å². The van der Waals surface area contributed by atoms with Gasteiger partial charge < -0.3 is 5.73 Å². The highest BCUT2D eigenvalue weighted by molar-refractivity contribution is 5.27. The molecule has 0 aliphatic rings. The summed E-state index contributed by atoms with van der Waals surface area (Å²) in [4.78, 5) is 0. The predicted molar refractivity (Wildman–Crippen MR) is 57.6 cm³/mol. The standard InChI is InChI=1S/C12H18FN/c1-3-4-8-11(14)10-7-5-6-9(2)12(10)13/h5-7,11H,3-4,8,14H2,1-2H3. The molecule has 2 heteroatoms. The number of hydrogen-bond donors (Lipinski definition) is 1.